The average Bonchev–Trinajstić information content (AvgIpc) is 2.42. The van der Waals surface area contributed by atoms with E-state index in [0.29, 0.717) is 12.8 Å². The van der Waals surface area contributed by atoms with Crippen LogP contribution in [0, 0.1) is 11.3 Å². The zero-order chi connectivity index (χ0) is 15.3. The smallest absolute Gasteiger partial charge is 0.207 e. The Morgan fingerprint density at radius 3 is 2.24 bits per heavy atom. The van der Waals surface area contributed by atoms with Crippen LogP contribution < -0.4 is 4.72 Å². The molecule has 0 aromatic heterocycles. The van der Waals surface area contributed by atoms with Crippen molar-refractivity contribution >= 4 is 21.6 Å². The molecule has 0 amide bonds. The molecule has 2 rings (SSSR count). The minimum atomic E-state index is -3.79. The highest BCUT2D eigenvalue weighted by Gasteiger charge is 2.35. The summed E-state index contributed by atoms with van der Waals surface area (Å²) in [6.07, 6.45) is 6.05. The highest BCUT2D eigenvalue weighted by molar-refractivity contribution is 7.89. The molecule has 0 aliphatic heterocycles. The van der Waals surface area contributed by atoms with E-state index in [1.54, 1.807) is 12.1 Å². The summed E-state index contributed by atoms with van der Waals surface area (Å²) in [4.78, 5) is 0.0309. The quantitative estimate of drug-likeness (QED) is 0.922. The SMILES string of the molecule is N#CC1(NS(=O)(=O)c2ccccc2Cl)CCCCCCC1. The first-order valence-corrected chi connectivity index (χ1v) is 9.05. The number of hydrogen-bond donors (Lipinski definition) is 1. The van der Waals surface area contributed by atoms with Gasteiger partial charge in [-0.25, -0.2) is 8.42 Å². The first-order valence-electron chi connectivity index (χ1n) is 7.19. The van der Waals surface area contributed by atoms with E-state index in [1.165, 1.54) is 12.1 Å². The van der Waals surface area contributed by atoms with Crippen LogP contribution in [-0.2, 0) is 10.0 Å². The second kappa shape index (κ2) is 6.78. The lowest BCUT2D eigenvalue weighted by Gasteiger charge is -2.29. The molecule has 0 unspecified atom stereocenters. The number of rotatable bonds is 3. The zero-order valence-electron chi connectivity index (χ0n) is 11.8. The molecule has 0 bridgehead atoms. The van der Waals surface area contributed by atoms with Gasteiger partial charge in [0.1, 0.15) is 10.4 Å². The maximum atomic E-state index is 12.5. The van der Waals surface area contributed by atoms with Gasteiger partial charge in [-0.1, -0.05) is 55.8 Å². The molecule has 114 valence electrons. The highest BCUT2D eigenvalue weighted by Crippen LogP contribution is 2.29. The lowest BCUT2D eigenvalue weighted by atomic mass is 9.86. The van der Waals surface area contributed by atoms with Crippen LogP contribution in [0.5, 0.6) is 0 Å². The predicted molar refractivity (Wildman–Crippen MR) is 82.4 cm³/mol. The van der Waals surface area contributed by atoms with Gasteiger partial charge in [0.2, 0.25) is 10.0 Å². The van der Waals surface area contributed by atoms with Crippen molar-refractivity contribution < 1.29 is 8.42 Å². The van der Waals surface area contributed by atoms with Crippen LogP contribution in [-0.4, -0.2) is 14.0 Å². The van der Waals surface area contributed by atoms with Crippen LogP contribution >= 0.6 is 11.6 Å². The van der Waals surface area contributed by atoms with Gasteiger partial charge in [-0.15, -0.1) is 0 Å². The molecule has 4 nitrogen and oxygen atoms in total. The Bertz CT molecular complexity index is 629. The van der Waals surface area contributed by atoms with Crippen molar-refractivity contribution in [3.05, 3.63) is 29.3 Å². The Hall–Kier alpha value is -1.09. The first kappa shape index (κ1) is 16.3. The second-order valence-electron chi connectivity index (χ2n) is 5.50. The summed E-state index contributed by atoms with van der Waals surface area (Å²) in [6.45, 7) is 0. The summed E-state index contributed by atoms with van der Waals surface area (Å²) < 4.78 is 27.7. The fourth-order valence-electron chi connectivity index (χ4n) is 2.72. The molecule has 1 aromatic carbocycles. The standard InChI is InChI=1S/C15H19ClN2O2S/c16-13-8-4-5-9-14(13)21(19,20)18-15(12-17)10-6-2-1-3-7-11-15/h4-5,8-9,18H,1-3,6-7,10-11H2. The molecular formula is C15H19ClN2O2S. The Morgan fingerprint density at radius 2 is 1.67 bits per heavy atom. The fourth-order valence-corrected chi connectivity index (χ4v) is 4.62. The molecule has 1 N–H and O–H groups in total. The maximum Gasteiger partial charge on any atom is 0.243 e. The lowest BCUT2D eigenvalue weighted by Crippen LogP contribution is -2.47. The zero-order valence-corrected chi connectivity index (χ0v) is 13.4. The van der Waals surface area contributed by atoms with Crippen molar-refractivity contribution in [2.45, 2.75) is 55.4 Å². The van der Waals surface area contributed by atoms with Gasteiger partial charge >= 0.3 is 0 Å². The molecule has 1 aliphatic rings. The normalized spacial score (nSPS) is 19.2. The van der Waals surface area contributed by atoms with Gasteiger partial charge in [-0.2, -0.15) is 9.98 Å². The fraction of sp³-hybridized carbons (Fsp3) is 0.533. The molecule has 0 saturated heterocycles. The van der Waals surface area contributed by atoms with Crippen molar-refractivity contribution in [1.29, 1.82) is 5.26 Å². The number of nitrogens with zero attached hydrogens (tertiary/aromatic N) is 1. The molecule has 1 aromatic rings. The van der Waals surface area contributed by atoms with Gasteiger partial charge < -0.3 is 0 Å². The Labute approximate surface area is 131 Å². The second-order valence-corrected chi connectivity index (χ2v) is 7.56. The third-order valence-electron chi connectivity index (χ3n) is 3.88. The molecule has 0 atom stereocenters. The Kier molecular flexibility index (Phi) is 5.26. The van der Waals surface area contributed by atoms with E-state index in [-0.39, 0.29) is 9.92 Å². The van der Waals surface area contributed by atoms with Crippen LogP contribution in [0.2, 0.25) is 5.02 Å². The number of nitriles is 1. The van der Waals surface area contributed by atoms with Crippen molar-refractivity contribution in [3.8, 4) is 6.07 Å². The molecule has 1 saturated carbocycles. The molecule has 0 spiro atoms. The van der Waals surface area contributed by atoms with E-state index >= 15 is 0 Å². The van der Waals surface area contributed by atoms with Crippen LogP contribution in [0.3, 0.4) is 0 Å². The Balaban J connectivity index is 2.28. The average molecular weight is 327 g/mol. The molecule has 0 heterocycles. The van der Waals surface area contributed by atoms with E-state index in [2.05, 4.69) is 10.8 Å². The monoisotopic (exact) mass is 326 g/mol. The van der Waals surface area contributed by atoms with Gasteiger partial charge in [0.25, 0.3) is 0 Å². The molecular weight excluding hydrogens is 308 g/mol. The number of sulfonamides is 1. The van der Waals surface area contributed by atoms with Crippen molar-refractivity contribution in [2.75, 3.05) is 0 Å². The van der Waals surface area contributed by atoms with Gasteiger partial charge in [-0.05, 0) is 25.0 Å². The minimum absolute atomic E-state index is 0.0309. The molecule has 0 radical (unpaired) electrons. The lowest BCUT2D eigenvalue weighted by molar-refractivity contribution is 0.357. The molecule has 1 aliphatic carbocycles. The number of halogens is 1. The summed E-state index contributed by atoms with van der Waals surface area (Å²) in [5.41, 5.74) is -1.02. The Morgan fingerprint density at radius 1 is 1.10 bits per heavy atom. The third-order valence-corrected chi connectivity index (χ3v) is 5.91. The summed E-state index contributed by atoms with van der Waals surface area (Å²) in [7, 11) is -3.79. The molecule has 6 heteroatoms. The van der Waals surface area contributed by atoms with E-state index in [0.717, 1.165) is 32.1 Å². The van der Waals surface area contributed by atoms with Crippen molar-refractivity contribution in [1.82, 2.24) is 4.72 Å². The van der Waals surface area contributed by atoms with Gasteiger partial charge in [0, 0.05) is 0 Å². The van der Waals surface area contributed by atoms with E-state index in [4.69, 9.17) is 11.6 Å². The van der Waals surface area contributed by atoms with Gasteiger partial charge in [0.05, 0.1) is 11.1 Å². The maximum absolute atomic E-state index is 12.5. The van der Waals surface area contributed by atoms with Crippen LogP contribution in [0.15, 0.2) is 29.2 Å². The summed E-state index contributed by atoms with van der Waals surface area (Å²) >= 11 is 5.97. The van der Waals surface area contributed by atoms with Crippen molar-refractivity contribution in [3.63, 3.8) is 0 Å². The van der Waals surface area contributed by atoms with Crippen LogP contribution in [0.25, 0.3) is 0 Å². The van der Waals surface area contributed by atoms with Gasteiger partial charge in [0.15, 0.2) is 0 Å². The van der Waals surface area contributed by atoms with Crippen LogP contribution in [0.1, 0.15) is 44.9 Å². The summed E-state index contributed by atoms with van der Waals surface area (Å²) in [6, 6.07) is 8.49. The van der Waals surface area contributed by atoms with Crippen molar-refractivity contribution in [2.24, 2.45) is 0 Å². The van der Waals surface area contributed by atoms with Crippen LogP contribution in [0.4, 0.5) is 0 Å². The molecule has 21 heavy (non-hydrogen) atoms. The predicted octanol–water partition coefficient (Wildman–Crippen LogP) is 3.62. The number of hydrogen-bond acceptors (Lipinski definition) is 3. The summed E-state index contributed by atoms with van der Waals surface area (Å²) in [5, 5.41) is 9.70. The topological polar surface area (TPSA) is 70.0 Å². The summed E-state index contributed by atoms with van der Waals surface area (Å²) in [5.74, 6) is 0. The molecule has 1 fully saturated rings. The number of benzene rings is 1. The number of nitrogens with one attached hydrogen (secondary N) is 1. The van der Waals surface area contributed by atoms with E-state index in [1.807, 2.05) is 0 Å². The highest BCUT2D eigenvalue weighted by atomic mass is 35.5. The van der Waals surface area contributed by atoms with E-state index < -0.39 is 15.6 Å². The van der Waals surface area contributed by atoms with E-state index in [9.17, 15) is 13.7 Å². The minimum Gasteiger partial charge on any atom is -0.207 e. The first-order chi connectivity index (χ1) is 9.99. The third kappa shape index (κ3) is 3.97. The largest absolute Gasteiger partial charge is 0.243 e. The van der Waals surface area contributed by atoms with Gasteiger partial charge in [-0.3, -0.25) is 0 Å².